The van der Waals surface area contributed by atoms with E-state index in [-0.39, 0.29) is 12.5 Å². The first kappa shape index (κ1) is 11.6. The predicted octanol–water partition coefficient (Wildman–Crippen LogP) is 0.701. The Labute approximate surface area is 101 Å². The van der Waals surface area contributed by atoms with Crippen LogP contribution in [0.4, 0.5) is 0 Å². The quantitative estimate of drug-likeness (QED) is 0.870. The third kappa shape index (κ3) is 2.44. The molecule has 1 amide bonds. The van der Waals surface area contributed by atoms with Crippen LogP contribution in [0.5, 0.6) is 0 Å². The Morgan fingerprint density at radius 2 is 2.47 bits per heavy atom. The Kier molecular flexibility index (Phi) is 3.38. The molecule has 0 aliphatic heterocycles. The van der Waals surface area contributed by atoms with Gasteiger partial charge in [-0.1, -0.05) is 11.2 Å². The highest BCUT2D eigenvalue weighted by atomic mass is 32.1. The normalized spacial score (nSPS) is 10.4. The number of aromatic nitrogens is 2. The van der Waals surface area contributed by atoms with Gasteiger partial charge in [0.05, 0.1) is 4.88 Å². The highest BCUT2D eigenvalue weighted by molar-refractivity contribution is 7.13. The fourth-order valence-corrected chi connectivity index (χ4v) is 2.10. The number of carbonyl (C=O) groups is 1. The number of carbonyl (C=O) groups excluding carboxylic acids is 1. The minimum absolute atomic E-state index is 0.0800. The van der Waals surface area contributed by atoms with E-state index in [0.717, 1.165) is 4.88 Å². The molecule has 2 aromatic heterocycles. The Bertz CT molecular complexity index is 556. The van der Waals surface area contributed by atoms with Crippen LogP contribution in [0.2, 0.25) is 0 Å². The van der Waals surface area contributed by atoms with Gasteiger partial charge in [-0.3, -0.25) is 9.32 Å². The minimum Gasteiger partial charge on any atom is -0.355 e. The number of amides is 1. The van der Waals surface area contributed by atoms with Crippen LogP contribution < -0.4 is 11.1 Å². The van der Waals surface area contributed by atoms with Crippen molar-refractivity contribution in [2.24, 2.45) is 0 Å². The van der Waals surface area contributed by atoms with E-state index in [1.54, 1.807) is 0 Å². The summed E-state index contributed by atoms with van der Waals surface area (Å²) in [6.45, 7) is 2.26. The lowest BCUT2D eigenvalue weighted by Crippen LogP contribution is -2.30. The van der Waals surface area contributed by atoms with Crippen molar-refractivity contribution < 1.29 is 9.32 Å². The average molecular weight is 253 g/mol. The summed E-state index contributed by atoms with van der Waals surface area (Å²) in [5, 5.41) is 8.16. The van der Waals surface area contributed by atoms with Gasteiger partial charge in [-0.25, -0.2) is 9.36 Å². The lowest BCUT2D eigenvalue weighted by Gasteiger charge is -2.03. The molecule has 0 aliphatic rings. The summed E-state index contributed by atoms with van der Waals surface area (Å²) < 4.78 is 5.80. The third-order valence-corrected chi connectivity index (χ3v) is 2.97. The Morgan fingerprint density at radius 1 is 1.65 bits per heavy atom. The molecule has 17 heavy (non-hydrogen) atoms. The zero-order chi connectivity index (χ0) is 12.3. The first-order valence-corrected chi connectivity index (χ1v) is 5.97. The molecule has 90 valence electrons. The molecule has 2 heterocycles. The average Bonchev–Trinajstić information content (AvgIpc) is 2.90. The van der Waals surface area contributed by atoms with Crippen molar-refractivity contribution in [3.8, 4) is 10.7 Å². The molecule has 0 unspecified atom stereocenters. The van der Waals surface area contributed by atoms with Crippen LogP contribution in [-0.2, 0) is 11.3 Å². The first-order chi connectivity index (χ1) is 8.22. The number of hydrogen-bond donors (Lipinski definition) is 1. The van der Waals surface area contributed by atoms with E-state index in [1.807, 2.05) is 24.4 Å². The van der Waals surface area contributed by atoms with Crippen LogP contribution in [0.3, 0.4) is 0 Å². The molecule has 0 aromatic carbocycles. The van der Waals surface area contributed by atoms with Crippen molar-refractivity contribution in [3.05, 3.63) is 28.1 Å². The molecule has 0 bridgehead atoms. The van der Waals surface area contributed by atoms with Gasteiger partial charge in [-0.05, 0) is 18.4 Å². The van der Waals surface area contributed by atoms with E-state index in [4.69, 9.17) is 0 Å². The van der Waals surface area contributed by atoms with Gasteiger partial charge < -0.3 is 5.32 Å². The number of likely N-dealkylation sites (N-methyl/N-ethyl adjacent to an activating group) is 1. The summed E-state index contributed by atoms with van der Waals surface area (Å²) >= 11 is 1.43. The fourth-order valence-electron chi connectivity index (χ4n) is 1.39. The Morgan fingerprint density at radius 3 is 3.12 bits per heavy atom. The second-order valence-electron chi connectivity index (χ2n) is 3.29. The third-order valence-electron chi connectivity index (χ3n) is 2.10. The van der Waals surface area contributed by atoms with E-state index in [1.165, 1.54) is 15.9 Å². The van der Waals surface area contributed by atoms with Crippen LogP contribution in [0, 0.1) is 0 Å². The number of nitrogens with one attached hydrogen (secondary N) is 1. The van der Waals surface area contributed by atoms with Gasteiger partial charge in [0.1, 0.15) is 6.54 Å². The van der Waals surface area contributed by atoms with E-state index < -0.39 is 5.76 Å². The standard InChI is InChI=1S/C10H11N3O3S/c1-2-11-8(14)6-13-9(12-16-10(13)15)7-4-3-5-17-7/h3-5H,2,6H2,1H3,(H,11,14). The van der Waals surface area contributed by atoms with Crippen molar-refractivity contribution in [2.45, 2.75) is 13.5 Å². The molecular formula is C10H11N3O3S. The van der Waals surface area contributed by atoms with Crippen molar-refractivity contribution >= 4 is 17.2 Å². The lowest BCUT2D eigenvalue weighted by molar-refractivity contribution is -0.121. The highest BCUT2D eigenvalue weighted by Gasteiger charge is 2.15. The van der Waals surface area contributed by atoms with Crippen molar-refractivity contribution in [2.75, 3.05) is 6.54 Å². The molecule has 6 nitrogen and oxygen atoms in total. The van der Waals surface area contributed by atoms with E-state index in [2.05, 4.69) is 15.0 Å². The van der Waals surface area contributed by atoms with Gasteiger partial charge in [0.25, 0.3) is 0 Å². The summed E-state index contributed by atoms with van der Waals surface area (Å²) in [7, 11) is 0. The number of hydrogen-bond acceptors (Lipinski definition) is 5. The molecule has 0 saturated carbocycles. The molecule has 7 heteroatoms. The summed E-state index contributed by atoms with van der Waals surface area (Å²) in [5.41, 5.74) is 0. The summed E-state index contributed by atoms with van der Waals surface area (Å²) in [6, 6.07) is 3.66. The predicted molar refractivity (Wildman–Crippen MR) is 62.8 cm³/mol. The molecule has 2 aromatic rings. The second kappa shape index (κ2) is 4.96. The largest absolute Gasteiger partial charge is 0.442 e. The van der Waals surface area contributed by atoms with E-state index >= 15 is 0 Å². The van der Waals surface area contributed by atoms with Crippen LogP contribution in [0.25, 0.3) is 10.7 Å². The number of nitrogens with zero attached hydrogens (tertiary/aromatic N) is 2. The Hall–Kier alpha value is -1.89. The highest BCUT2D eigenvalue weighted by Crippen LogP contribution is 2.21. The summed E-state index contributed by atoms with van der Waals surface area (Å²) in [6.07, 6.45) is 0. The zero-order valence-corrected chi connectivity index (χ0v) is 9.99. The second-order valence-corrected chi connectivity index (χ2v) is 4.24. The molecule has 2 rings (SSSR count). The van der Waals surface area contributed by atoms with Crippen LogP contribution in [0.15, 0.2) is 26.8 Å². The lowest BCUT2D eigenvalue weighted by atomic mass is 10.4. The first-order valence-electron chi connectivity index (χ1n) is 5.09. The van der Waals surface area contributed by atoms with Gasteiger partial charge in [-0.15, -0.1) is 11.3 Å². The zero-order valence-electron chi connectivity index (χ0n) is 9.17. The van der Waals surface area contributed by atoms with E-state index in [0.29, 0.717) is 12.4 Å². The molecule has 0 fully saturated rings. The molecule has 0 atom stereocenters. The molecule has 0 saturated heterocycles. The smallest absolute Gasteiger partial charge is 0.355 e. The van der Waals surface area contributed by atoms with Crippen LogP contribution in [0.1, 0.15) is 6.92 Å². The molecule has 0 spiro atoms. The topological polar surface area (TPSA) is 77.1 Å². The maximum absolute atomic E-state index is 11.4. The van der Waals surface area contributed by atoms with Gasteiger partial charge in [0, 0.05) is 6.54 Å². The van der Waals surface area contributed by atoms with Gasteiger partial charge in [0.15, 0.2) is 5.82 Å². The fraction of sp³-hybridized carbons (Fsp3) is 0.300. The molecule has 0 radical (unpaired) electrons. The number of thiophene rings is 1. The summed E-state index contributed by atoms with van der Waals surface area (Å²) in [5.74, 6) is -0.480. The molecule has 0 aliphatic carbocycles. The monoisotopic (exact) mass is 253 g/mol. The summed E-state index contributed by atoms with van der Waals surface area (Å²) in [4.78, 5) is 23.7. The Balaban J connectivity index is 2.31. The van der Waals surface area contributed by atoms with E-state index in [9.17, 15) is 9.59 Å². The van der Waals surface area contributed by atoms with Gasteiger partial charge in [-0.2, -0.15) is 0 Å². The van der Waals surface area contributed by atoms with Crippen LogP contribution in [-0.4, -0.2) is 22.2 Å². The minimum atomic E-state index is -0.625. The van der Waals surface area contributed by atoms with Crippen LogP contribution >= 0.6 is 11.3 Å². The van der Waals surface area contributed by atoms with Crippen molar-refractivity contribution in [1.29, 1.82) is 0 Å². The van der Waals surface area contributed by atoms with Gasteiger partial charge >= 0.3 is 5.76 Å². The maximum Gasteiger partial charge on any atom is 0.442 e. The molecular weight excluding hydrogens is 242 g/mol. The van der Waals surface area contributed by atoms with Crippen molar-refractivity contribution in [3.63, 3.8) is 0 Å². The molecule has 1 N–H and O–H groups in total. The number of rotatable bonds is 4. The van der Waals surface area contributed by atoms with Crippen molar-refractivity contribution in [1.82, 2.24) is 15.0 Å². The SMILES string of the molecule is CCNC(=O)Cn1c(-c2cccs2)noc1=O. The maximum atomic E-state index is 11.4. The van der Waals surface area contributed by atoms with Gasteiger partial charge in [0.2, 0.25) is 5.91 Å².